The van der Waals surface area contributed by atoms with Gasteiger partial charge in [-0.15, -0.1) is 0 Å². The van der Waals surface area contributed by atoms with E-state index in [9.17, 15) is 31.9 Å². The lowest BCUT2D eigenvalue weighted by Gasteiger charge is -2.37. The Balaban J connectivity index is 1.58. The average Bonchev–Trinajstić information content (AvgIpc) is 3.55. The van der Waals surface area contributed by atoms with E-state index in [1.54, 1.807) is 18.2 Å². The number of nitriles is 1. The lowest BCUT2D eigenvalue weighted by Crippen LogP contribution is -2.50. The average molecular weight is 603 g/mol. The fourth-order valence-corrected chi connectivity index (χ4v) is 5.69. The Hall–Kier alpha value is -4.24. The molecule has 5 rings (SSSR count). The topological polar surface area (TPSA) is 108 Å². The van der Waals surface area contributed by atoms with Gasteiger partial charge >= 0.3 is 6.01 Å². The minimum absolute atomic E-state index is 0.0587. The van der Waals surface area contributed by atoms with Crippen molar-refractivity contribution in [3.8, 4) is 6.07 Å². The molecule has 1 saturated heterocycles. The molecule has 1 saturated carbocycles. The van der Waals surface area contributed by atoms with Crippen LogP contribution < -0.4 is 9.80 Å². The van der Waals surface area contributed by atoms with Gasteiger partial charge in [0, 0.05) is 42.3 Å². The van der Waals surface area contributed by atoms with Crippen LogP contribution in [-0.2, 0) is 14.4 Å². The van der Waals surface area contributed by atoms with E-state index in [1.165, 1.54) is 12.1 Å². The van der Waals surface area contributed by atoms with Crippen LogP contribution in [-0.4, -0.2) is 34.5 Å². The van der Waals surface area contributed by atoms with Crippen molar-refractivity contribution >= 4 is 40.9 Å². The number of anilines is 2. The number of oxazole rings is 1. The monoisotopic (exact) mass is 602 g/mol. The summed E-state index contributed by atoms with van der Waals surface area (Å²) in [4.78, 5) is 46.8. The van der Waals surface area contributed by atoms with Gasteiger partial charge in [0.25, 0.3) is 5.91 Å². The molecule has 1 aliphatic heterocycles. The molecule has 0 spiro atoms. The molecular formula is C29H23ClF4N4O4. The molecule has 1 aliphatic carbocycles. The zero-order valence-corrected chi connectivity index (χ0v) is 22.7. The van der Waals surface area contributed by atoms with Crippen LogP contribution in [0, 0.1) is 28.9 Å². The molecule has 2 aromatic carbocycles. The summed E-state index contributed by atoms with van der Waals surface area (Å²) in [5.41, 5.74) is -0.185. The lowest BCUT2D eigenvalue weighted by atomic mass is 9.77. The molecule has 1 aromatic heterocycles. The minimum atomic E-state index is -2.79. The molecule has 0 unspecified atom stereocenters. The Bertz CT molecular complexity index is 1560. The molecule has 2 fully saturated rings. The number of aromatic nitrogens is 1. The summed E-state index contributed by atoms with van der Waals surface area (Å²) < 4.78 is 61.2. The van der Waals surface area contributed by atoms with Gasteiger partial charge in [0.1, 0.15) is 29.8 Å². The highest BCUT2D eigenvalue weighted by atomic mass is 35.5. The van der Waals surface area contributed by atoms with Gasteiger partial charge in [-0.3, -0.25) is 24.2 Å². The maximum absolute atomic E-state index is 14.5. The molecule has 0 radical (unpaired) electrons. The first kappa shape index (κ1) is 29.3. The Morgan fingerprint density at radius 3 is 2.50 bits per heavy atom. The van der Waals surface area contributed by atoms with E-state index in [0.29, 0.717) is 6.07 Å². The van der Waals surface area contributed by atoms with Crippen LogP contribution in [0.25, 0.3) is 0 Å². The van der Waals surface area contributed by atoms with E-state index in [0.717, 1.165) is 28.1 Å². The molecule has 42 heavy (non-hydrogen) atoms. The van der Waals surface area contributed by atoms with E-state index in [-0.39, 0.29) is 66.6 Å². The maximum Gasteiger partial charge on any atom is 0.306 e. The summed E-state index contributed by atoms with van der Waals surface area (Å²) in [7, 11) is 0. The third kappa shape index (κ3) is 5.87. The van der Waals surface area contributed by atoms with E-state index in [1.807, 2.05) is 0 Å². The van der Waals surface area contributed by atoms with Gasteiger partial charge in [-0.1, -0.05) is 29.8 Å². The molecular weight excluding hydrogens is 580 g/mol. The SMILES string of the molecule is N#Cc1cnc(N2C(=O)CC[C@H]2C(=O)N(c2cc(F)cc(F)c2)[C@H](C(=O)CCC2CC(F)(F)C2)c2ccccc2Cl)o1. The zero-order chi connectivity index (χ0) is 30.2. The van der Waals surface area contributed by atoms with Crippen molar-refractivity contribution in [2.24, 2.45) is 5.92 Å². The number of nitrogens with zero attached hydrogens (tertiary/aromatic N) is 4. The summed E-state index contributed by atoms with van der Waals surface area (Å²) in [5.74, 6) is -7.53. The van der Waals surface area contributed by atoms with Gasteiger partial charge in [0.2, 0.25) is 17.6 Å². The maximum atomic E-state index is 14.5. The molecule has 2 amide bonds. The Kier molecular flexibility index (Phi) is 8.06. The highest BCUT2D eigenvalue weighted by Gasteiger charge is 2.47. The van der Waals surface area contributed by atoms with Crippen molar-refractivity contribution in [3.63, 3.8) is 0 Å². The number of Topliss-reactive ketones (excluding diaryl/α,β-unsaturated/α-hetero) is 1. The fraction of sp³-hybridized carbons (Fsp3) is 0.345. The standard InChI is InChI=1S/C29H23ClF4N4O4/c30-22-4-2-1-3-21(22)26(24(39)7-5-16-12-29(33,34)13-16)37(19-10-17(31)9-18(32)11-19)27(41)23-6-8-25(40)38(23)28-36-15-20(14-35)42-28/h1-4,9-11,15-16,23,26H,5-8,12-13H2/t23-,26-/m0/s1. The summed E-state index contributed by atoms with van der Waals surface area (Å²) in [6.07, 6.45) is 0.0439. The highest BCUT2D eigenvalue weighted by molar-refractivity contribution is 6.31. The Morgan fingerprint density at radius 2 is 1.88 bits per heavy atom. The number of carbonyl (C=O) groups is 3. The summed E-state index contributed by atoms with van der Waals surface area (Å²) in [6.45, 7) is 0. The van der Waals surface area contributed by atoms with E-state index in [2.05, 4.69) is 4.98 Å². The Morgan fingerprint density at radius 1 is 1.19 bits per heavy atom. The number of amides is 2. The first-order valence-electron chi connectivity index (χ1n) is 13.1. The van der Waals surface area contributed by atoms with Gasteiger partial charge < -0.3 is 4.42 Å². The molecule has 218 valence electrons. The van der Waals surface area contributed by atoms with Crippen molar-refractivity contribution in [1.82, 2.24) is 4.98 Å². The number of carbonyl (C=O) groups excluding carboxylic acids is 3. The fourth-order valence-electron chi connectivity index (χ4n) is 5.45. The van der Waals surface area contributed by atoms with Crippen LogP contribution in [0.4, 0.5) is 29.3 Å². The molecule has 0 N–H and O–H groups in total. The van der Waals surface area contributed by atoms with Crippen molar-refractivity contribution in [2.75, 3.05) is 9.80 Å². The minimum Gasteiger partial charge on any atom is -0.412 e. The van der Waals surface area contributed by atoms with Crippen LogP contribution in [0.15, 0.2) is 53.1 Å². The molecule has 8 nitrogen and oxygen atoms in total. The number of hydrogen-bond acceptors (Lipinski definition) is 6. The first-order chi connectivity index (χ1) is 20.0. The van der Waals surface area contributed by atoms with Gasteiger partial charge in [-0.2, -0.15) is 5.26 Å². The van der Waals surface area contributed by atoms with Crippen LogP contribution in [0.2, 0.25) is 5.02 Å². The second kappa shape index (κ2) is 11.6. The van der Waals surface area contributed by atoms with E-state index < -0.39 is 53.2 Å². The van der Waals surface area contributed by atoms with Crippen LogP contribution in [0.5, 0.6) is 0 Å². The quantitative estimate of drug-likeness (QED) is 0.272. The van der Waals surface area contributed by atoms with Gasteiger partial charge in [-0.25, -0.2) is 22.5 Å². The first-order valence-corrected chi connectivity index (χ1v) is 13.5. The number of benzene rings is 2. The van der Waals surface area contributed by atoms with Crippen molar-refractivity contribution in [2.45, 2.75) is 56.5 Å². The number of rotatable bonds is 9. The summed E-state index contributed by atoms with van der Waals surface area (Å²) >= 11 is 6.47. The number of alkyl halides is 2. The van der Waals surface area contributed by atoms with Crippen LogP contribution in [0.1, 0.15) is 55.9 Å². The van der Waals surface area contributed by atoms with Crippen LogP contribution in [0.3, 0.4) is 0 Å². The van der Waals surface area contributed by atoms with Gasteiger partial charge in [-0.05, 0) is 37.0 Å². The third-order valence-corrected chi connectivity index (χ3v) is 7.75. The molecule has 13 heteroatoms. The largest absolute Gasteiger partial charge is 0.412 e. The third-order valence-electron chi connectivity index (χ3n) is 7.41. The second-order valence-corrected chi connectivity index (χ2v) is 10.7. The predicted molar refractivity (Wildman–Crippen MR) is 142 cm³/mol. The number of halogens is 5. The lowest BCUT2D eigenvalue weighted by molar-refractivity contribution is -0.129. The van der Waals surface area contributed by atoms with Crippen molar-refractivity contribution < 1.29 is 36.4 Å². The van der Waals surface area contributed by atoms with E-state index in [4.69, 9.17) is 21.3 Å². The summed E-state index contributed by atoms with van der Waals surface area (Å²) in [6, 6.07) is 6.98. The summed E-state index contributed by atoms with van der Waals surface area (Å²) in [5, 5.41) is 9.20. The molecule has 0 bridgehead atoms. The smallest absolute Gasteiger partial charge is 0.306 e. The van der Waals surface area contributed by atoms with Gasteiger partial charge in [0.05, 0.1) is 11.9 Å². The molecule has 2 atom stereocenters. The molecule has 3 aromatic rings. The number of hydrogen-bond donors (Lipinski definition) is 0. The van der Waals surface area contributed by atoms with Crippen LogP contribution >= 0.6 is 11.6 Å². The van der Waals surface area contributed by atoms with Gasteiger partial charge in [0.15, 0.2) is 5.78 Å². The zero-order valence-electron chi connectivity index (χ0n) is 21.9. The highest BCUT2D eigenvalue weighted by Crippen LogP contribution is 2.45. The Labute approximate surface area is 242 Å². The van der Waals surface area contributed by atoms with E-state index >= 15 is 0 Å². The normalized spacial score (nSPS) is 18.8. The second-order valence-electron chi connectivity index (χ2n) is 10.3. The molecule has 2 aliphatic rings. The van der Waals surface area contributed by atoms with Crippen molar-refractivity contribution in [3.05, 3.63) is 76.6 Å². The number of ketones is 1. The molecule has 2 heterocycles. The van der Waals surface area contributed by atoms with Crippen molar-refractivity contribution in [1.29, 1.82) is 5.26 Å². The predicted octanol–water partition coefficient (Wildman–Crippen LogP) is 6.14.